The first-order valence-corrected chi connectivity index (χ1v) is 9.38. The minimum Gasteiger partial charge on any atom is -0.340 e. The second-order valence-electron chi connectivity index (χ2n) is 7.42. The largest absolute Gasteiger partial charge is 0.340 e. The highest BCUT2D eigenvalue weighted by Crippen LogP contribution is 2.25. The lowest BCUT2D eigenvalue weighted by Crippen LogP contribution is -2.41. The molecule has 1 aromatic heterocycles. The number of nitrogens with zero attached hydrogens (tertiary/aromatic N) is 4. The van der Waals surface area contributed by atoms with Gasteiger partial charge in [0.2, 0.25) is 5.91 Å². The SMILES string of the molecule is Cc1nc(C)n([C@@H]2CCCN(C(=O)Cc3ccc4c(c3)CCC4)C2)n1. The molecule has 0 unspecified atom stereocenters. The van der Waals surface area contributed by atoms with Gasteiger partial charge in [-0.15, -0.1) is 0 Å². The van der Waals surface area contributed by atoms with Crippen LogP contribution in [-0.2, 0) is 24.1 Å². The Balaban J connectivity index is 1.44. The van der Waals surface area contributed by atoms with E-state index in [1.807, 2.05) is 23.4 Å². The smallest absolute Gasteiger partial charge is 0.227 e. The molecular weight excluding hydrogens is 312 g/mol. The average Bonchev–Trinajstić information content (AvgIpc) is 3.20. The minimum atomic E-state index is 0.233. The molecule has 132 valence electrons. The van der Waals surface area contributed by atoms with E-state index < -0.39 is 0 Å². The van der Waals surface area contributed by atoms with Crippen LogP contribution in [0.5, 0.6) is 0 Å². The Kier molecular flexibility index (Phi) is 4.32. The van der Waals surface area contributed by atoms with Gasteiger partial charge in [-0.3, -0.25) is 4.79 Å². The van der Waals surface area contributed by atoms with E-state index in [4.69, 9.17) is 0 Å². The molecule has 1 aromatic carbocycles. The number of carbonyl (C=O) groups excluding carboxylic acids is 1. The van der Waals surface area contributed by atoms with Gasteiger partial charge < -0.3 is 4.90 Å². The zero-order chi connectivity index (χ0) is 17.4. The summed E-state index contributed by atoms with van der Waals surface area (Å²) in [6, 6.07) is 6.84. The van der Waals surface area contributed by atoms with Gasteiger partial charge in [-0.25, -0.2) is 9.67 Å². The molecule has 5 heteroatoms. The van der Waals surface area contributed by atoms with Crippen LogP contribution in [0.15, 0.2) is 18.2 Å². The number of carbonyl (C=O) groups is 1. The highest BCUT2D eigenvalue weighted by Gasteiger charge is 2.26. The van der Waals surface area contributed by atoms with Gasteiger partial charge >= 0.3 is 0 Å². The quantitative estimate of drug-likeness (QED) is 0.865. The van der Waals surface area contributed by atoms with E-state index in [0.29, 0.717) is 6.42 Å². The van der Waals surface area contributed by atoms with Gasteiger partial charge in [0, 0.05) is 13.1 Å². The van der Waals surface area contributed by atoms with Crippen molar-refractivity contribution in [2.24, 2.45) is 0 Å². The third-order valence-electron chi connectivity index (χ3n) is 5.52. The molecule has 0 radical (unpaired) electrons. The van der Waals surface area contributed by atoms with Crippen LogP contribution >= 0.6 is 0 Å². The van der Waals surface area contributed by atoms with Crippen molar-refractivity contribution in [3.63, 3.8) is 0 Å². The Bertz CT molecular complexity index is 795. The molecule has 2 aliphatic rings. The number of fused-ring (bicyclic) bond motifs is 1. The maximum atomic E-state index is 12.8. The van der Waals surface area contributed by atoms with E-state index in [2.05, 4.69) is 28.3 Å². The first kappa shape index (κ1) is 16.3. The van der Waals surface area contributed by atoms with Crippen LogP contribution < -0.4 is 0 Å². The fraction of sp³-hybridized carbons (Fsp3) is 0.550. The maximum Gasteiger partial charge on any atom is 0.227 e. The van der Waals surface area contributed by atoms with Crippen LogP contribution in [0.4, 0.5) is 0 Å². The molecular formula is C20H26N4O. The lowest BCUT2D eigenvalue weighted by Gasteiger charge is -2.33. The van der Waals surface area contributed by atoms with Crippen molar-refractivity contribution < 1.29 is 4.79 Å². The van der Waals surface area contributed by atoms with Crippen LogP contribution in [0.25, 0.3) is 0 Å². The molecule has 0 N–H and O–H groups in total. The zero-order valence-electron chi connectivity index (χ0n) is 15.2. The van der Waals surface area contributed by atoms with Crippen molar-refractivity contribution in [2.45, 2.75) is 58.4 Å². The van der Waals surface area contributed by atoms with Crippen LogP contribution in [0.1, 0.15) is 53.6 Å². The Hall–Kier alpha value is -2.17. The van der Waals surface area contributed by atoms with Crippen LogP contribution in [-0.4, -0.2) is 38.7 Å². The normalized spacial score (nSPS) is 19.9. The third kappa shape index (κ3) is 3.32. The molecule has 0 saturated carbocycles. The Morgan fingerprint density at radius 1 is 1.20 bits per heavy atom. The summed E-state index contributed by atoms with van der Waals surface area (Å²) in [5, 5.41) is 4.52. The summed E-state index contributed by atoms with van der Waals surface area (Å²) in [5.74, 6) is 1.98. The predicted molar refractivity (Wildman–Crippen MR) is 96.5 cm³/mol. The second-order valence-corrected chi connectivity index (χ2v) is 7.42. The molecule has 1 atom stereocenters. The van der Waals surface area contributed by atoms with Crippen LogP contribution in [0, 0.1) is 13.8 Å². The standard InChI is InChI=1S/C20H26N4O/c1-14-21-15(2)24(22-14)19-7-4-10-23(13-19)20(25)12-16-8-9-17-5-3-6-18(17)11-16/h8-9,11,19H,3-7,10,12-13H2,1-2H3/t19-/m1/s1. The zero-order valence-corrected chi connectivity index (χ0v) is 15.2. The van der Waals surface area contributed by atoms with Crippen molar-refractivity contribution in [3.05, 3.63) is 46.5 Å². The van der Waals surface area contributed by atoms with E-state index in [1.165, 1.54) is 24.0 Å². The number of amides is 1. The molecule has 0 spiro atoms. The molecule has 1 aliphatic heterocycles. The summed E-state index contributed by atoms with van der Waals surface area (Å²) in [5.41, 5.74) is 4.06. The highest BCUT2D eigenvalue weighted by molar-refractivity contribution is 5.79. The molecule has 2 heterocycles. The van der Waals surface area contributed by atoms with Crippen molar-refractivity contribution in [2.75, 3.05) is 13.1 Å². The molecule has 25 heavy (non-hydrogen) atoms. The van der Waals surface area contributed by atoms with Gasteiger partial charge in [-0.1, -0.05) is 18.2 Å². The monoisotopic (exact) mass is 338 g/mol. The van der Waals surface area contributed by atoms with Crippen molar-refractivity contribution in [3.8, 4) is 0 Å². The number of hydrogen-bond donors (Lipinski definition) is 0. The topological polar surface area (TPSA) is 51.0 Å². The third-order valence-corrected chi connectivity index (χ3v) is 5.52. The van der Waals surface area contributed by atoms with Crippen molar-refractivity contribution in [1.29, 1.82) is 0 Å². The molecule has 2 aromatic rings. The number of rotatable bonds is 3. The lowest BCUT2D eigenvalue weighted by atomic mass is 10.0. The number of hydrogen-bond acceptors (Lipinski definition) is 3. The lowest BCUT2D eigenvalue weighted by molar-refractivity contribution is -0.132. The summed E-state index contributed by atoms with van der Waals surface area (Å²) < 4.78 is 2.00. The molecule has 1 saturated heterocycles. The highest BCUT2D eigenvalue weighted by atomic mass is 16.2. The summed E-state index contributed by atoms with van der Waals surface area (Å²) in [6.45, 7) is 5.51. The van der Waals surface area contributed by atoms with Crippen molar-refractivity contribution >= 4 is 5.91 Å². The van der Waals surface area contributed by atoms with E-state index in [-0.39, 0.29) is 11.9 Å². The molecule has 4 rings (SSSR count). The molecule has 1 fully saturated rings. The minimum absolute atomic E-state index is 0.233. The first-order chi connectivity index (χ1) is 12.1. The van der Waals surface area contributed by atoms with Gasteiger partial charge in [0.05, 0.1) is 12.5 Å². The number of likely N-dealkylation sites (tertiary alicyclic amines) is 1. The van der Waals surface area contributed by atoms with E-state index >= 15 is 0 Å². The fourth-order valence-corrected chi connectivity index (χ4v) is 4.28. The number of aryl methyl sites for hydroxylation is 4. The molecule has 0 bridgehead atoms. The van der Waals surface area contributed by atoms with Gasteiger partial charge in [0.15, 0.2) is 0 Å². The number of benzene rings is 1. The number of aromatic nitrogens is 3. The first-order valence-electron chi connectivity index (χ1n) is 9.38. The van der Waals surface area contributed by atoms with Crippen LogP contribution in [0.3, 0.4) is 0 Å². The predicted octanol–water partition coefficient (Wildman–Crippen LogP) is 2.79. The van der Waals surface area contributed by atoms with Gasteiger partial charge in [-0.2, -0.15) is 5.10 Å². The fourth-order valence-electron chi connectivity index (χ4n) is 4.28. The molecule has 1 amide bonds. The Labute approximate surface area is 149 Å². The summed E-state index contributed by atoms with van der Waals surface area (Å²) in [4.78, 5) is 19.2. The van der Waals surface area contributed by atoms with E-state index in [0.717, 1.165) is 49.6 Å². The maximum absolute atomic E-state index is 12.8. The Morgan fingerprint density at radius 2 is 2.04 bits per heavy atom. The van der Waals surface area contributed by atoms with Gasteiger partial charge in [-0.05, 0) is 62.6 Å². The second kappa shape index (κ2) is 6.62. The van der Waals surface area contributed by atoms with Gasteiger partial charge in [0.25, 0.3) is 0 Å². The van der Waals surface area contributed by atoms with Crippen LogP contribution in [0.2, 0.25) is 0 Å². The average molecular weight is 338 g/mol. The van der Waals surface area contributed by atoms with Gasteiger partial charge in [0.1, 0.15) is 11.6 Å². The van der Waals surface area contributed by atoms with E-state index in [1.54, 1.807) is 0 Å². The molecule has 5 nitrogen and oxygen atoms in total. The summed E-state index contributed by atoms with van der Waals surface area (Å²) in [7, 11) is 0. The van der Waals surface area contributed by atoms with Crippen molar-refractivity contribution in [1.82, 2.24) is 19.7 Å². The molecule has 1 aliphatic carbocycles. The Morgan fingerprint density at radius 3 is 2.84 bits per heavy atom. The van der Waals surface area contributed by atoms with E-state index in [9.17, 15) is 4.79 Å². The summed E-state index contributed by atoms with van der Waals surface area (Å²) in [6.07, 6.45) is 6.19. The summed E-state index contributed by atoms with van der Waals surface area (Å²) >= 11 is 0. The number of piperidine rings is 1.